The van der Waals surface area contributed by atoms with Gasteiger partial charge in [0.15, 0.2) is 0 Å². The van der Waals surface area contributed by atoms with Crippen LogP contribution in [0.4, 0.5) is 0 Å². The van der Waals surface area contributed by atoms with E-state index in [1.807, 2.05) is 0 Å². The smallest absolute Gasteiger partial charge is 0.0907 e. The first kappa shape index (κ1) is 10.2. The Kier molecular flexibility index (Phi) is 2.93. The van der Waals surface area contributed by atoms with Crippen molar-refractivity contribution < 1.29 is 5.11 Å². The van der Waals surface area contributed by atoms with Crippen LogP contribution in [0.2, 0.25) is 0 Å². The highest BCUT2D eigenvalue weighted by Crippen LogP contribution is 2.38. The quantitative estimate of drug-likeness (QED) is 0.702. The average molecular weight is 210 g/mol. The van der Waals surface area contributed by atoms with E-state index in [1.54, 1.807) is 11.3 Å². The van der Waals surface area contributed by atoms with Crippen LogP contribution in [0.5, 0.6) is 0 Å². The van der Waals surface area contributed by atoms with E-state index in [0.717, 1.165) is 12.8 Å². The average Bonchev–Trinajstić information content (AvgIpc) is 2.46. The van der Waals surface area contributed by atoms with Crippen LogP contribution in [0.25, 0.3) is 0 Å². The number of thiophene rings is 1. The van der Waals surface area contributed by atoms with Crippen LogP contribution in [-0.2, 0) is 5.60 Å². The standard InChI is InChI=1S/C12H18OS/c1-10-11(6-9-14-10)12(13)7-4-2-3-5-8-12/h6,9,13H,2-5,7-8H2,1H3. The fraction of sp³-hybridized carbons (Fsp3) is 0.667. The van der Waals surface area contributed by atoms with Crippen molar-refractivity contribution in [2.75, 3.05) is 0 Å². The molecule has 0 aliphatic heterocycles. The van der Waals surface area contributed by atoms with Crippen LogP contribution in [-0.4, -0.2) is 5.11 Å². The van der Waals surface area contributed by atoms with E-state index in [0.29, 0.717) is 0 Å². The highest BCUT2D eigenvalue weighted by atomic mass is 32.1. The number of aryl methyl sites for hydroxylation is 1. The van der Waals surface area contributed by atoms with Gasteiger partial charge in [-0.25, -0.2) is 0 Å². The van der Waals surface area contributed by atoms with E-state index >= 15 is 0 Å². The molecular formula is C12H18OS. The summed E-state index contributed by atoms with van der Waals surface area (Å²) in [5.41, 5.74) is 0.671. The van der Waals surface area contributed by atoms with Gasteiger partial charge >= 0.3 is 0 Å². The molecule has 2 rings (SSSR count). The van der Waals surface area contributed by atoms with Gasteiger partial charge in [0.2, 0.25) is 0 Å². The largest absolute Gasteiger partial charge is 0.385 e. The maximum absolute atomic E-state index is 10.6. The Morgan fingerprint density at radius 1 is 1.21 bits per heavy atom. The van der Waals surface area contributed by atoms with Gasteiger partial charge in [0.05, 0.1) is 5.60 Å². The van der Waals surface area contributed by atoms with Crippen molar-refractivity contribution in [3.8, 4) is 0 Å². The second-order valence-electron chi connectivity index (χ2n) is 4.34. The van der Waals surface area contributed by atoms with Crippen LogP contribution in [0, 0.1) is 6.92 Å². The summed E-state index contributed by atoms with van der Waals surface area (Å²) in [5.74, 6) is 0. The molecule has 1 aromatic heterocycles. The second kappa shape index (κ2) is 4.03. The van der Waals surface area contributed by atoms with Crippen LogP contribution in [0.1, 0.15) is 49.0 Å². The molecule has 0 aromatic carbocycles. The lowest BCUT2D eigenvalue weighted by Crippen LogP contribution is -2.24. The topological polar surface area (TPSA) is 20.2 Å². The zero-order chi connectivity index (χ0) is 10.0. The van der Waals surface area contributed by atoms with Crippen molar-refractivity contribution >= 4 is 11.3 Å². The van der Waals surface area contributed by atoms with Gasteiger partial charge in [-0.05, 0) is 36.8 Å². The maximum Gasteiger partial charge on any atom is 0.0907 e. The lowest BCUT2D eigenvalue weighted by Gasteiger charge is -2.26. The third-order valence-corrected chi connectivity index (χ3v) is 4.14. The first-order valence-electron chi connectivity index (χ1n) is 5.49. The third-order valence-electron chi connectivity index (χ3n) is 3.29. The first-order valence-corrected chi connectivity index (χ1v) is 6.37. The minimum Gasteiger partial charge on any atom is -0.385 e. The summed E-state index contributed by atoms with van der Waals surface area (Å²) < 4.78 is 0. The Bertz CT molecular complexity index is 295. The van der Waals surface area contributed by atoms with Gasteiger partial charge in [0, 0.05) is 4.88 Å². The molecule has 0 spiro atoms. The van der Waals surface area contributed by atoms with Crippen molar-refractivity contribution in [3.05, 3.63) is 21.9 Å². The summed E-state index contributed by atoms with van der Waals surface area (Å²) in [6.07, 6.45) is 6.81. The fourth-order valence-corrected chi connectivity index (χ4v) is 3.24. The zero-order valence-electron chi connectivity index (χ0n) is 8.75. The molecule has 1 fully saturated rings. The van der Waals surface area contributed by atoms with Gasteiger partial charge in [-0.1, -0.05) is 25.7 Å². The lowest BCUT2D eigenvalue weighted by atomic mass is 9.87. The molecule has 0 atom stereocenters. The molecule has 14 heavy (non-hydrogen) atoms. The Balaban J connectivity index is 2.25. The van der Waals surface area contributed by atoms with E-state index in [-0.39, 0.29) is 0 Å². The fourth-order valence-electron chi connectivity index (χ4n) is 2.45. The lowest BCUT2D eigenvalue weighted by molar-refractivity contribution is 0.0206. The van der Waals surface area contributed by atoms with E-state index in [9.17, 15) is 5.11 Å². The Morgan fingerprint density at radius 3 is 2.36 bits per heavy atom. The summed E-state index contributed by atoms with van der Waals surface area (Å²) in [6.45, 7) is 2.11. The molecule has 0 radical (unpaired) electrons. The van der Waals surface area contributed by atoms with E-state index in [1.165, 1.54) is 36.1 Å². The molecule has 0 saturated heterocycles. The molecule has 1 aromatic rings. The van der Waals surface area contributed by atoms with Gasteiger partial charge in [-0.15, -0.1) is 11.3 Å². The number of hydrogen-bond acceptors (Lipinski definition) is 2. The summed E-state index contributed by atoms with van der Waals surface area (Å²) in [7, 11) is 0. The molecule has 1 N–H and O–H groups in total. The Morgan fingerprint density at radius 2 is 1.86 bits per heavy atom. The molecular weight excluding hydrogens is 192 g/mol. The molecule has 1 nitrogen and oxygen atoms in total. The van der Waals surface area contributed by atoms with Crippen LogP contribution >= 0.6 is 11.3 Å². The van der Waals surface area contributed by atoms with E-state index in [2.05, 4.69) is 18.4 Å². The minimum atomic E-state index is -0.513. The van der Waals surface area contributed by atoms with Crippen LogP contribution < -0.4 is 0 Å². The van der Waals surface area contributed by atoms with Crippen molar-refractivity contribution in [3.63, 3.8) is 0 Å². The SMILES string of the molecule is Cc1sccc1C1(O)CCCCCC1. The zero-order valence-corrected chi connectivity index (χ0v) is 9.57. The summed E-state index contributed by atoms with van der Waals surface area (Å²) in [4.78, 5) is 1.29. The molecule has 1 aliphatic carbocycles. The molecule has 1 aliphatic rings. The normalized spacial score (nSPS) is 21.9. The summed E-state index contributed by atoms with van der Waals surface area (Å²) in [6, 6.07) is 2.10. The number of rotatable bonds is 1. The molecule has 1 heterocycles. The maximum atomic E-state index is 10.6. The Labute approximate surface area is 89.8 Å². The van der Waals surface area contributed by atoms with Gasteiger partial charge in [0.1, 0.15) is 0 Å². The highest BCUT2D eigenvalue weighted by Gasteiger charge is 2.31. The van der Waals surface area contributed by atoms with Gasteiger partial charge < -0.3 is 5.11 Å². The van der Waals surface area contributed by atoms with E-state index in [4.69, 9.17) is 0 Å². The minimum absolute atomic E-state index is 0.513. The van der Waals surface area contributed by atoms with Gasteiger partial charge in [0.25, 0.3) is 0 Å². The summed E-state index contributed by atoms with van der Waals surface area (Å²) >= 11 is 1.74. The number of hydrogen-bond donors (Lipinski definition) is 1. The number of aliphatic hydroxyl groups is 1. The van der Waals surface area contributed by atoms with Crippen LogP contribution in [0.3, 0.4) is 0 Å². The molecule has 0 amide bonds. The van der Waals surface area contributed by atoms with Gasteiger partial charge in [-0.2, -0.15) is 0 Å². The van der Waals surface area contributed by atoms with Gasteiger partial charge in [-0.3, -0.25) is 0 Å². The van der Waals surface area contributed by atoms with Crippen LogP contribution in [0.15, 0.2) is 11.4 Å². The summed E-state index contributed by atoms with van der Waals surface area (Å²) in [5, 5.41) is 12.7. The molecule has 2 heteroatoms. The first-order chi connectivity index (χ1) is 6.72. The molecule has 0 unspecified atom stereocenters. The highest BCUT2D eigenvalue weighted by molar-refractivity contribution is 7.10. The van der Waals surface area contributed by atoms with Crippen molar-refractivity contribution in [1.29, 1.82) is 0 Å². The second-order valence-corrected chi connectivity index (χ2v) is 5.46. The van der Waals surface area contributed by atoms with Crippen molar-refractivity contribution in [2.45, 2.75) is 51.0 Å². The van der Waals surface area contributed by atoms with Crippen molar-refractivity contribution in [2.24, 2.45) is 0 Å². The third kappa shape index (κ3) is 1.86. The predicted molar refractivity (Wildman–Crippen MR) is 60.7 cm³/mol. The molecule has 78 valence electrons. The van der Waals surface area contributed by atoms with Crippen molar-refractivity contribution in [1.82, 2.24) is 0 Å². The van der Waals surface area contributed by atoms with E-state index < -0.39 is 5.60 Å². The molecule has 0 bridgehead atoms. The predicted octanol–water partition coefficient (Wildman–Crippen LogP) is 3.60. The molecule has 1 saturated carbocycles. The monoisotopic (exact) mass is 210 g/mol. The Hall–Kier alpha value is -0.340.